The Labute approximate surface area is 187 Å². The minimum absolute atomic E-state index is 0.152. The lowest BCUT2D eigenvalue weighted by Crippen LogP contribution is -2.30. The number of anilines is 2. The van der Waals surface area contributed by atoms with Gasteiger partial charge in [0.1, 0.15) is 4.90 Å². The van der Waals surface area contributed by atoms with Crippen LogP contribution in [0.2, 0.25) is 0 Å². The summed E-state index contributed by atoms with van der Waals surface area (Å²) < 4.78 is 28.6. The van der Waals surface area contributed by atoms with Crippen LogP contribution in [-0.2, 0) is 10.0 Å². The third kappa shape index (κ3) is 4.13. The van der Waals surface area contributed by atoms with Gasteiger partial charge in [-0.25, -0.2) is 8.42 Å². The zero-order valence-corrected chi connectivity index (χ0v) is 18.3. The molecule has 0 saturated carbocycles. The van der Waals surface area contributed by atoms with Gasteiger partial charge in [-0.3, -0.25) is 9.71 Å². The van der Waals surface area contributed by atoms with E-state index in [1.54, 1.807) is 36.5 Å². The Hall–Kier alpha value is -3.52. The summed E-state index contributed by atoms with van der Waals surface area (Å²) in [6.45, 7) is 2.05. The van der Waals surface area contributed by atoms with Crippen molar-refractivity contribution >= 4 is 32.4 Å². The SMILES string of the molecule is O=S(=O)(Nc1ccc(-c2ccc(N3CCCCC3)nn2)cc1)c1cccc2cccnc12. The number of nitrogens with zero attached hydrogens (tertiary/aromatic N) is 4. The van der Waals surface area contributed by atoms with E-state index in [0.717, 1.165) is 35.6 Å². The van der Waals surface area contributed by atoms with Gasteiger partial charge in [-0.15, -0.1) is 10.2 Å². The first kappa shape index (κ1) is 20.4. The quantitative estimate of drug-likeness (QED) is 0.487. The van der Waals surface area contributed by atoms with E-state index in [9.17, 15) is 8.42 Å². The first-order valence-electron chi connectivity index (χ1n) is 10.7. The molecule has 1 aliphatic heterocycles. The monoisotopic (exact) mass is 445 g/mol. The molecular weight excluding hydrogens is 422 g/mol. The van der Waals surface area contributed by atoms with Crippen LogP contribution in [0, 0.1) is 0 Å². The number of pyridine rings is 1. The van der Waals surface area contributed by atoms with Crippen LogP contribution >= 0.6 is 0 Å². The molecule has 7 nitrogen and oxygen atoms in total. The fraction of sp³-hybridized carbons (Fsp3) is 0.208. The number of hydrogen-bond donors (Lipinski definition) is 1. The highest BCUT2D eigenvalue weighted by Crippen LogP contribution is 2.25. The van der Waals surface area contributed by atoms with Gasteiger partial charge >= 0.3 is 0 Å². The molecule has 3 heterocycles. The van der Waals surface area contributed by atoms with E-state index in [1.807, 2.05) is 36.4 Å². The summed E-state index contributed by atoms with van der Waals surface area (Å²) in [4.78, 5) is 6.66. The molecule has 0 aliphatic carbocycles. The van der Waals surface area contributed by atoms with Crippen molar-refractivity contribution in [2.45, 2.75) is 24.2 Å². The number of piperidine rings is 1. The summed E-state index contributed by atoms with van der Waals surface area (Å²) in [6, 6.07) is 19.8. The van der Waals surface area contributed by atoms with Crippen LogP contribution in [-0.4, -0.2) is 36.7 Å². The molecule has 1 fully saturated rings. The van der Waals surface area contributed by atoms with Crippen molar-refractivity contribution in [2.24, 2.45) is 0 Å². The number of fused-ring (bicyclic) bond motifs is 1. The summed E-state index contributed by atoms with van der Waals surface area (Å²) in [7, 11) is -3.78. The van der Waals surface area contributed by atoms with Crippen LogP contribution in [0.4, 0.5) is 11.5 Å². The van der Waals surface area contributed by atoms with E-state index in [4.69, 9.17) is 0 Å². The standard InChI is InChI=1S/C24H23N5O2S/c30-32(31,22-8-4-6-19-7-5-15-25-24(19)22)28-20-11-9-18(10-12-20)21-13-14-23(27-26-21)29-16-2-1-3-17-29/h4-15,28H,1-3,16-17H2. The Morgan fingerprint density at radius 1 is 0.812 bits per heavy atom. The zero-order chi connectivity index (χ0) is 22.0. The summed E-state index contributed by atoms with van der Waals surface area (Å²) >= 11 is 0. The lowest BCUT2D eigenvalue weighted by atomic mass is 10.1. The van der Waals surface area contributed by atoms with Gasteiger partial charge in [0.15, 0.2) is 5.82 Å². The fourth-order valence-electron chi connectivity index (χ4n) is 3.98. The second kappa shape index (κ2) is 8.55. The van der Waals surface area contributed by atoms with Gasteiger partial charge in [-0.05, 0) is 55.7 Å². The van der Waals surface area contributed by atoms with Crippen molar-refractivity contribution in [1.82, 2.24) is 15.2 Å². The molecule has 162 valence electrons. The average molecular weight is 446 g/mol. The second-order valence-electron chi connectivity index (χ2n) is 7.84. The molecule has 32 heavy (non-hydrogen) atoms. The average Bonchev–Trinajstić information content (AvgIpc) is 2.84. The predicted octanol–water partition coefficient (Wildman–Crippen LogP) is 4.48. The van der Waals surface area contributed by atoms with Gasteiger partial charge in [0.25, 0.3) is 10.0 Å². The third-order valence-electron chi connectivity index (χ3n) is 5.65. The molecule has 8 heteroatoms. The van der Waals surface area contributed by atoms with Crippen LogP contribution in [0.25, 0.3) is 22.2 Å². The minimum Gasteiger partial charge on any atom is -0.355 e. The lowest BCUT2D eigenvalue weighted by Gasteiger charge is -2.27. The molecule has 2 aromatic heterocycles. The van der Waals surface area contributed by atoms with Crippen LogP contribution in [0.5, 0.6) is 0 Å². The maximum atomic E-state index is 13.0. The van der Waals surface area contributed by atoms with Gasteiger partial charge in [-0.1, -0.05) is 30.3 Å². The van der Waals surface area contributed by atoms with Gasteiger partial charge in [-0.2, -0.15) is 0 Å². The van der Waals surface area contributed by atoms with Crippen molar-refractivity contribution in [2.75, 3.05) is 22.7 Å². The van der Waals surface area contributed by atoms with Gasteiger partial charge in [0.2, 0.25) is 0 Å². The maximum Gasteiger partial charge on any atom is 0.264 e. The summed E-state index contributed by atoms with van der Waals surface area (Å²) in [6.07, 6.45) is 5.24. The number of sulfonamides is 1. The summed E-state index contributed by atoms with van der Waals surface area (Å²) in [5.41, 5.74) is 2.54. The second-order valence-corrected chi connectivity index (χ2v) is 9.49. The number of rotatable bonds is 5. The Bertz CT molecular complexity index is 1330. The highest BCUT2D eigenvalue weighted by atomic mass is 32.2. The van der Waals surface area contributed by atoms with E-state index in [0.29, 0.717) is 11.2 Å². The first-order chi connectivity index (χ1) is 15.6. The number of benzene rings is 2. The highest BCUT2D eigenvalue weighted by molar-refractivity contribution is 7.93. The number of para-hydroxylation sites is 1. The normalized spacial score (nSPS) is 14.4. The van der Waals surface area contributed by atoms with Crippen molar-refractivity contribution in [3.05, 3.63) is 72.9 Å². The molecule has 1 aliphatic rings. The smallest absolute Gasteiger partial charge is 0.264 e. The number of hydrogen-bond acceptors (Lipinski definition) is 6. The molecule has 0 bridgehead atoms. The van der Waals surface area contributed by atoms with Crippen molar-refractivity contribution in [1.29, 1.82) is 0 Å². The molecule has 0 atom stereocenters. The van der Waals surface area contributed by atoms with Crippen LogP contribution in [0.1, 0.15) is 19.3 Å². The Morgan fingerprint density at radius 3 is 2.34 bits per heavy atom. The number of nitrogens with one attached hydrogen (secondary N) is 1. The minimum atomic E-state index is -3.78. The molecule has 0 amide bonds. The van der Waals surface area contributed by atoms with Gasteiger partial charge in [0, 0.05) is 35.9 Å². The molecule has 0 radical (unpaired) electrons. The Morgan fingerprint density at radius 2 is 1.59 bits per heavy atom. The van der Waals surface area contributed by atoms with Crippen LogP contribution in [0.3, 0.4) is 0 Å². The van der Waals surface area contributed by atoms with E-state index in [2.05, 4.69) is 24.8 Å². The molecule has 1 N–H and O–H groups in total. The van der Waals surface area contributed by atoms with E-state index < -0.39 is 10.0 Å². The van der Waals surface area contributed by atoms with E-state index in [-0.39, 0.29) is 4.90 Å². The first-order valence-corrected chi connectivity index (χ1v) is 12.1. The fourth-order valence-corrected chi connectivity index (χ4v) is 5.22. The van der Waals surface area contributed by atoms with Crippen molar-refractivity contribution in [3.63, 3.8) is 0 Å². The molecule has 1 saturated heterocycles. The molecular formula is C24H23N5O2S. The van der Waals surface area contributed by atoms with Gasteiger partial charge in [0.05, 0.1) is 11.2 Å². The Balaban J connectivity index is 1.34. The van der Waals surface area contributed by atoms with Gasteiger partial charge < -0.3 is 4.90 Å². The summed E-state index contributed by atoms with van der Waals surface area (Å²) in [5.74, 6) is 0.904. The van der Waals surface area contributed by atoms with Crippen molar-refractivity contribution in [3.8, 4) is 11.3 Å². The molecule has 2 aromatic carbocycles. The van der Waals surface area contributed by atoms with E-state index >= 15 is 0 Å². The molecule has 4 aromatic rings. The predicted molar refractivity (Wildman–Crippen MR) is 126 cm³/mol. The van der Waals surface area contributed by atoms with E-state index in [1.165, 1.54) is 19.3 Å². The Kier molecular flexibility index (Phi) is 5.45. The molecule has 5 rings (SSSR count). The highest BCUT2D eigenvalue weighted by Gasteiger charge is 2.18. The van der Waals surface area contributed by atoms with Crippen LogP contribution < -0.4 is 9.62 Å². The van der Waals surface area contributed by atoms with Crippen LogP contribution in [0.15, 0.2) is 77.8 Å². The maximum absolute atomic E-state index is 13.0. The third-order valence-corrected chi connectivity index (χ3v) is 7.06. The lowest BCUT2D eigenvalue weighted by molar-refractivity contribution is 0.571. The largest absolute Gasteiger partial charge is 0.355 e. The summed E-state index contributed by atoms with van der Waals surface area (Å²) in [5, 5.41) is 9.53. The number of aromatic nitrogens is 3. The zero-order valence-electron chi connectivity index (χ0n) is 17.5. The molecule has 0 spiro atoms. The molecule has 0 unspecified atom stereocenters. The van der Waals surface area contributed by atoms with Crippen molar-refractivity contribution < 1.29 is 8.42 Å². The topological polar surface area (TPSA) is 88.1 Å².